The Morgan fingerprint density at radius 1 is 1.42 bits per heavy atom. The number of nitrogens with zero attached hydrogens (tertiary/aromatic N) is 2. The van der Waals surface area contributed by atoms with Crippen molar-refractivity contribution in [2.75, 3.05) is 6.26 Å². The van der Waals surface area contributed by atoms with Gasteiger partial charge < -0.3 is 4.57 Å². The van der Waals surface area contributed by atoms with Gasteiger partial charge in [-0.3, -0.25) is 0 Å². The molecular weight excluding hydrogens is 283 g/mol. The van der Waals surface area contributed by atoms with E-state index in [0.29, 0.717) is 16.3 Å². The van der Waals surface area contributed by atoms with Crippen molar-refractivity contribution in [3.05, 3.63) is 29.3 Å². The molecule has 2 unspecified atom stereocenters. The Kier molecular flexibility index (Phi) is 4.41. The van der Waals surface area contributed by atoms with Crippen LogP contribution in [0.1, 0.15) is 30.6 Å². The molecule has 0 N–H and O–H groups in total. The minimum Gasteiger partial charge on any atom is -0.326 e. The summed E-state index contributed by atoms with van der Waals surface area (Å²) in [6.07, 6.45) is 2.08. The number of halogens is 2. The predicted molar refractivity (Wildman–Crippen MR) is 81.7 cm³/mol. The number of alkyl halides is 1. The predicted octanol–water partition coefficient (Wildman–Crippen LogP) is 4.54. The smallest absolute Gasteiger partial charge is 0.128 e. The third kappa shape index (κ3) is 2.90. The summed E-state index contributed by atoms with van der Waals surface area (Å²) < 4.78 is 15.7. The molecule has 0 aliphatic carbocycles. The van der Waals surface area contributed by atoms with Crippen LogP contribution in [0.15, 0.2) is 12.1 Å². The minimum absolute atomic E-state index is 0.190. The van der Waals surface area contributed by atoms with E-state index in [0.717, 1.165) is 17.9 Å². The van der Waals surface area contributed by atoms with Crippen LogP contribution in [-0.4, -0.2) is 21.1 Å². The van der Waals surface area contributed by atoms with Crippen LogP contribution >= 0.6 is 23.4 Å². The van der Waals surface area contributed by atoms with E-state index < -0.39 is 0 Å². The van der Waals surface area contributed by atoms with E-state index in [1.54, 1.807) is 18.7 Å². The second-order valence-electron chi connectivity index (χ2n) is 4.83. The highest BCUT2D eigenvalue weighted by molar-refractivity contribution is 7.99. The van der Waals surface area contributed by atoms with Crippen LogP contribution in [0, 0.1) is 12.7 Å². The van der Waals surface area contributed by atoms with E-state index in [2.05, 4.69) is 22.7 Å². The fourth-order valence-corrected chi connectivity index (χ4v) is 2.56. The average Bonchev–Trinajstić information content (AvgIpc) is 2.68. The first-order chi connectivity index (χ1) is 8.93. The molecule has 0 aliphatic heterocycles. The zero-order chi connectivity index (χ0) is 14.2. The monoisotopic (exact) mass is 300 g/mol. The summed E-state index contributed by atoms with van der Waals surface area (Å²) in [5, 5.41) is 0.266. The summed E-state index contributed by atoms with van der Waals surface area (Å²) in [7, 11) is 0. The molecule has 104 valence electrons. The summed E-state index contributed by atoms with van der Waals surface area (Å²) in [4.78, 5) is 4.48. The van der Waals surface area contributed by atoms with Crippen LogP contribution in [0.5, 0.6) is 0 Å². The lowest BCUT2D eigenvalue weighted by molar-refractivity contribution is 0.620. The Morgan fingerprint density at radius 3 is 2.68 bits per heavy atom. The molecule has 0 amide bonds. The molecule has 2 atom stereocenters. The molecule has 0 bridgehead atoms. The van der Waals surface area contributed by atoms with Crippen molar-refractivity contribution in [2.45, 2.75) is 37.9 Å². The maximum atomic E-state index is 13.6. The molecule has 1 aromatic carbocycles. The number of hydrogen-bond donors (Lipinski definition) is 0. The van der Waals surface area contributed by atoms with Crippen molar-refractivity contribution in [1.82, 2.24) is 9.55 Å². The number of aromatic nitrogens is 2. The Balaban J connectivity index is 2.62. The van der Waals surface area contributed by atoms with Crippen LogP contribution in [0.2, 0.25) is 0 Å². The van der Waals surface area contributed by atoms with Crippen molar-refractivity contribution in [1.29, 1.82) is 0 Å². The van der Waals surface area contributed by atoms with Gasteiger partial charge in [-0.1, -0.05) is 6.92 Å². The minimum atomic E-state index is -0.219. The van der Waals surface area contributed by atoms with Gasteiger partial charge >= 0.3 is 0 Å². The molecule has 1 heterocycles. The molecule has 2 rings (SSSR count). The zero-order valence-corrected chi connectivity index (χ0v) is 13.1. The molecule has 0 aliphatic rings. The highest BCUT2D eigenvalue weighted by Gasteiger charge is 2.17. The quantitative estimate of drug-likeness (QED) is 0.772. The van der Waals surface area contributed by atoms with Crippen molar-refractivity contribution in [2.24, 2.45) is 0 Å². The summed E-state index contributed by atoms with van der Waals surface area (Å²) in [6, 6.07) is 3.35. The van der Waals surface area contributed by atoms with E-state index >= 15 is 0 Å². The summed E-state index contributed by atoms with van der Waals surface area (Å²) in [6.45, 7) is 6.66. The summed E-state index contributed by atoms with van der Waals surface area (Å²) >= 11 is 8.00. The molecule has 19 heavy (non-hydrogen) atoms. The van der Waals surface area contributed by atoms with Crippen molar-refractivity contribution >= 4 is 34.4 Å². The van der Waals surface area contributed by atoms with Gasteiger partial charge in [-0.15, -0.1) is 11.6 Å². The molecular formula is C14H18ClFN2S. The Hall–Kier alpha value is -0.740. The van der Waals surface area contributed by atoms with E-state index in [9.17, 15) is 4.39 Å². The molecule has 0 fully saturated rings. The van der Waals surface area contributed by atoms with Gasteiger partial charge in [0.05, 0.1) is 16.4 Å². The average molecular weight is 301 g/mol. The lowest BCUT2D eigenvalue weighted by atomic mass is 10.2. The van der Waals surface area contributed by atoms with E-state index in [1.165, 1.54) is 6.07 Å². The molecule has 0 radical (unpaired) electrons. The van der Waals surface area contributed by atoms with Gasteiger partial charge in [-0.05, 0) is 31.7 Å². The molecule has 0 spiro atoms. The second kappa shape index (κ2) is 5.71. The number of aryl methyl sites for hydroxylation is 1. The van der Waals surface area contributed by atoms with Gasteiger partial charge in [0, 0.05) is 17.9 Å². The maximum absolute atomic E-state index is 13.6. The van der Waals surface area contributed by atoms with Crippen LogP contribution in [0.3, 0.4) is 0 Å². The fraction of sp³-hybridized carbons (Fsp3) is 0.500. The summed E-state index contributed by atoms with van der Waals surface area (Å²) in [5.74, 6) is 0.589. The van der Waals surface area contributed by atoms with Gasteiger partial charge in [0.15, 0.2) is 0 Å². The number of rotatable bonds is 4. The van der Waals surface area contributed by atoms with Crippen molar-refractivity contribution in [3.63, 3.8) is 0 Å². The molecule has 1 aromatic heterocycles. The molecule has 2 nitrogen and oxygen atoms in total. The van der Waals surface area contributed by atoms with Crippen LogP contribution in [0.25, 0.3) is 11.0 Å². The topological polar surface area (TPSA) is 17.8 Å². The normalized spacial score (nSPS) is 14.8. The van der Waals surface area contributed by atoms with Gasteiger partial charge in [-0.2, -0.15) is 11.8 Å². The van der Waals surface area contributed by atoms with Crippen LogP contribution in [-0.2, 0) is 6.54 Å². The first kappa shape index (κ1) is 14.7. The lowest BCUT2D eigenvalue weighted by Crippen LogP contribution is -2.12. The van der Waals surface area contributed by atoms with Gasteiger partial charge in [0.1, 0.15) is 11.6 Å². The van der Waals surface area contributed by atoms with E-state index in [4.69, 9.17) is 11.6 Å². The first-order valence-electron chi connectivity index (χ1n) is 6.27. The third-order valence-corrected chi connectivity index (χ3v) is 4.40. The number of imidazole rings is 1. The molecule has 0 saturated carbocycles. The van der Waals surface area contributed by atoms with Crippen molar-refractivity contribution < 1.29 is 4.39 Å². The standard InChI is InChI=1S/C14H18ClFN2S/c1-8-5-13-12(6-11(8)16)17-14(10(3)15)18(13)7-9(2)19-4/h5-6,9-10H,7H2,1-4H3. The van der Waals surface area contributed by atoms with E-state index in [-0.39, 0.29) is 11.2 Å². The fourth-order valence-electron chi connectivity index (χ4n) is 2.10. The van der Waals surface area contributed by atoms with Crippen LogP contribution < -0.4 is 0 Å². The second-order valence-corrected chi connectivity index (χ2v) is 6.76. The maximum Gasteiger partial charge on any atom is 0.128 e. The number of thioether (sulfide) groups is 1. The number of benzene rings is 1. The number of fused-ring (bicyclic) bond motifs is 1. The Morgan fingerprint density at radius 2 is 2.11 bits per heavy atom. The SMILES string of the molecule is CSC(C)Cn1c(C(C)Cl)nc2cc(F)c(C)cc21. The first-order valence-corrected chi connectivity index (χ1v) is 7.99. The molecule has 5 heteroatoms. The van der Waals surface area contributed by atoms with E-state index in [1.807, 2.05) is 13.0 Å². The van der Waals surface area contributed by atoms with Gasteiger partial charge in [0.2, 0.25) is 0 Å². The number of hydrogen-bond acceptors (Lipinski definition) is 2. The lowest BCUT2D eigenvalue weighted by Gasteiger charge is -2.14. The van der Waals surface area contributed by atoms with Crippen LogP contribution in [0.4, 0.5) is 4.39 Å². The van der Waals surface area contributed by atoms with Gasteiger partial charge in [-0.25, -0.2) is 9.37 Å². The largest absolute Gasteiger partial charge is 0.326 e. The molecule has 2 aromatic rings. The molecule has 0 saturated heterocycles. The Labute approximate surface area is 122 Å². The Bertz CT molecular complexity index is 595. The highest BCUT2D eigenvalue weighted by Crippen LogP contribution is 2.27. The summed E-state index contributed by atoms with van der Waals surface area (Å²) in [5.41, 5.74) is 2.28. The third-order valence-electron chi connectivity index (χ3n) is 3.26. The highest BCUT2D eigenvalue weighted by atomic mass is 35.5. The zero-order valence-electron chi connectivity index (χ0n) is 11.6. The van der Waals surface area contributed by atoms with Crippen molar-refractivity contribution in [3.8, 4) is 0 Å². The van der Waals surface area contributed by atoms with Gasteiger partial charge in [0.25, 0.3) is 0 Å².